The van der Waals surface area contributed by atoms with E-state index in [9.17, 15) is 22.8 Å². The summed E-state index contributed by atoms with van der Waals surface area (Å²) in [6.45, 7) is 0.936. The first-order valence-corrected chi connectivity index (χ1v) is 5.67. The normalized spacial score (nSPS) is 21.8. The van der Waals surface area contributed by atoms with Crippen LogP contribution in [0.25, 0.3) is 0 Å². The van der Waals surface area contributed by atoms with E-state index in [1.54, 1.807) is 0 Å². The second-order valence-electron chi connectivity index (χ2n) is 4.11. The standard InChI is InChI=1S/C10H12F3NO3S/c1-5(15)7(10(11,12)13)8(18)14-4-2-3-6(14)9(16)17/h6-7H,2-4H2,1H3,(H,16,17)/t6-,7?/m0/s1. The SMILES string of the molecule is CC(=O)C(C(=S)N1CCC[C@H]1C(=O)O)C(F)(F)F. The lowest BCUT2D eigenvalue weighted by molar-refractivity contribution is -0.167. The molecule has 0 amide bonds. The minimum atomic E-state index is -4.78. The molecule has 0 aromatic heterocycles. The minimum absolute atomic E-state index is 0.135. The molecular weight excluding hydrogens is 271 g/mol. The van der Waals surface area contributed by atoms with Gasteiger partial charge in [-0.1, -0.05) is 12.2 Å². The zero-order valence-electron chi connectivity index (χ0n) is 9.53. The zero-order chi connectivity index (χ0) is 14.1. The molecule has 1 fully saturated rings. The zero-order valence-corrected chi connectivity index (χ0v) is 10.3. The number of hydrogen-bond donors (Lipinski definition) is 1. The maximum Gasteiger partial charge on any atom is 0.404 e. The van der Waals surface area contributed by atoms with E-state index in [-0.39, 0.29) is 13.0 Å². The predicted molar refractivity (Wildman–Crippen MR) is 60.2 cm³/mol. The van der Waals surface area contributed by atoms with Gasteiger partial charge in [-0.05, 0) is 19.8 Å². The fraction of sp³-hybridized carbons (Fsp3) is 0.700. The Labute approximate surface area is 107 Å². The number of hydrogen-bond acceptors (Lipinski definition) is 3. The summed E-state index contributed by atoms with van der Waals surface area (Å²) in [5.41, 5.74) is 0. The molecule has 0 spiro atoms. The molecule has 18 heavy (non-hydrogen) atoms. The van der Waals surface area contributed by atoms with Crippen molar-refractivity contribution in [1.29, 1.82) is 0 Å². The van der Waals surface area contributed by atoms with Crippen molar-refractivity contribution in [3.8, 4) is 0 Å². The molecule has 1 rings (SSSR count). The molecule has 1 N–H and O–H groups in total. The maximum atomic E-state index is 12.7. The van der Waals surface area contributed by atoms with Crippen LogP contribution in [-0.4, -0.2) is 45.5 Å². The molecule has 102 valence electrons. The van der Waals surface area contributed by atoms with Gasteiger partial charge in [0.05, 0.1) is 4.99 Å². The lowest BCUT2D eigenvalue weighted by Gasteiger charge is -2.29. The van der Waals surface area contributed by atoms with E-state index in [2.05, 4.69) is 12.2 Å². The summed E-state index contributed by atoms with van der Waals surface area (Å²) in [6.07, 6.45) is -4.11. The lowest BCUT2D eigenvalue weighted by Crippen LogP contribution is -2.48. The van der Waals surface area contributed by atoms with Gasteiger partial charge in [-0.25, -0.2) is 4.79 Å². The van der Waals surface area contributed by atoms with Gasteiger partial charge in [-0.3, -0.25) is 4.79 Å². The van der Waals surface area contributed by atoms with Gasteiger partial charge in [0.15, 0.2) is 5.92 Å². The average molecular weight is 283 g/mol. The van der Waals surface area contributed by atoms with Gasteiger partial charge in [0.1, 0.15) is 11.8 Å². The van der Waals surface area contributed by atoms with E-state index < -0.39 is 34.9 Å². The van der Waals surface area contributed by atoms with Gasteiger partial charge >= 0.3 is 12.1 Å². The topological polar surface area (TPSA) is 57.6 Å². The van der Waals surface area contributed by atoms with Crippen LogP contribution in [0.5, 0.6) is 0 Å². The third-order valence-corrected chi connectivity index (χ3v) is 3.27. The number of nitrogens with zero attached hydrogens (tertiary/aromatic N) is 1. The van der Waals surface area contributed by atoms with E-state index >= 15 is 0 Å². The Balaban J connectivity index is 2.97. The Bertz CT molecular complexity index is 383. The molecule has 8 heteroatoms. The maximum absolute atomic E-state index is 12.7. The Hall–Kier alpha value is -1.18. The highest BCUT2D eigenvalue weighted by Crippen LogP contribution is 2.32. The Kier molecular flexibility index (Phi) is 4.31. The van der Waals surface area contributed by atoms with Crippen molar-refractivity contribution in [2.45, 2.75) is 32.0 Å². The van der Waals surface area contributed by atoms with Crippen molar-refractivity contribution in [3.05, 3.63) is 0 Å². The molecule has 1 aliphatic rings. The molecule has 4 nitrogen and oxygen atoms in total. The third kappa shape index (κ3) is 2.98. The number of likely N-dealkylation sites (tertiary alicyclic amines) is 1. The van der Waals surface area contributed by atoms with Gasteiger partial charge in [0.25, 0.3) is 0 Å². The van der Waals surface area contributed by atoms with E-state index in [1.165, 1.54) is 0 Å². The number of carbonyl (C=O) groups excluding carboxylic acids is 1. The molecule has 0 aromatic carbocycles. The molecule has 1 saturated heterocycles. The fourth-order valence-electron chi connectivity index (χ4n) is 2.00. The number of halogens is 3. The number of rotatable bonds is 3. The van der Waals surface area contributed by atoms with Gasteiger partial charge in [-0.15, -0.1) is 0 Å². The summed E-state index contributed by atoms with van der Waals surface area (Å²) < 4.78 is 38.2. The summed E-state index contributed by atoms with van der Waals surface area (Å²) >= 11 is 4.68. The number of aliphatic carboxylic acids is 1. The highest BCUT2D eigenvalue weighted by molar-refractivity contribution is 7.80. The van der Waals surface area contributed by atoms with Crippen LogP contribution in [0.1, 0.15) is 19.8 Å². The Morgan fingerprint density at radius 2 is 2.00 bits per heavy atom. The molecular formula is C10H12F3NO3S. The number of thiocarbonyl (C=S) groups is 1. The second kappa shape index (κ2) is 5.21. The quantitative estimate of drug-likeness (QED) is 0.798. The van der Waals surface area contributed by atoms with Crippen molar-refractivity contribution in [2.75, 3.05) is 6.54 Å². The minimum Gasteiger partial charge on any atom is -0.480 e. The van der Waals surface area contributed by atoms with Crippen LogP contribution in [0.4, 0.5) is 13.2 Å². The fourth-order valence-corrected chi connectivity index (χ4v) is 2.52. The summed E-state index contributed by atoms with van der Waals surface area (Å²) in [4.78, 5) is 22.3. The first-order chi connectivity index (χ1) is 8.16. The van der Waals surface area contributed by atoms with Crippen molar-refractivity contribution in [2.24, 2.45) is 5.92 Å². The van der Waals surface area contributed by atoms with E-state index in [4.69, 9.17) is 5.11 Å². The van der Waals surface area contributed by atoms with Crippen molar-refractivity contribution < 1.29 is 27.9 Å². The highest BCUT2D eigenvalue weighted by atomic mass is 32.1. The summed E-state index contributed by atoms with van der Waals surface area (Å²) in [5.74, 6) is -4.74. The van der Waals surface area contributed by atoms with Crippen molar-refractivity contribution in [1.82, 2.24) is 4.90 Å². The first-order valence-electron chi connectivity index (χ1n) is 5.26. The molecule has 1 aliphatic heterocycles. The van der Waals surface area contributed by atoms with E-state index in [0.717, 1.165) is 11.8 Å². The highest BCUT2D eigenvalue weighted by Gasteiger charge is 2.49. The van der Waals surface area contributed by atoms with E-state index in [0.29, 0.717) is 6.42 Å². The Morgan fingerprint density at radius 3 is 2.39 bits per heavy atom. The molecule has 0 saturated carbocycles. The predicted octanol–water partition coefficient (Wildman–Crippen LogP) is 1.63. The summed E-state index contributed by atoms with van der Waals surface area (Å²) in [7, 11) is 0. The van der Waals surface area contributed by atoms with Crippen molar-refractivity contribution >= 4 is 29.0 Å². The number of carboxylic acids is 1. The molecule has 1 heterocycles. The van der Waals surface area contributed by atoms with Crippen LogP contribution in [0.3, 0.4) is 0 Å². The van der Waals surface area contributed by atoms with Crippen molar-refractivity contribution in [3.63, 3.8) is 0 Å². The van der Waals surface area contributed by atoms with Crippen LogP contribution >= 0.6 is 12.2 Å². The molecule has 1 unspecified atom stereocenters. The number of alkyl halides is 3. The van der Waals surface area contributed by atoms with Gasteiger partial charge < -0.3 is 10.0 Å². The number of carboxylic acid groups (broad SMARTS) is 1. The molecule has 0 bridgehead atoms. The summed E-state index contributed by atoms with van der Waals surface area (Å²) in [5, 5.41) is 8.89. The molecule has 0 aromatic rings. The molecule has 2 atom stereocenters. The largest absolute Gasteiger partial charge is 0.480 e. The average Bonchev–Trinajstić information content (AvgIpc) is 2.61. The smallest absolute Gasteiger partial charge is 0.404 e. The van der Waals surface area contributed by atoms with E-state index in [1.807, 2.05) is 0 Å². The van der Waals surface area contributed by atoms with Crippen LogP contribution in [0.15, 0.2) is 0 Å². The second-order valence-corrected chi connectivity index (χ2v) is 4.53. The van der Waals surface area contributed by atoms with Crippen LogP contribution in [0, 0.1) is 5.92 Å². The summed E-state index contributed by atoms with van der Waals surface area (Å²) in [6, 6.07) is -1.07. The number of carbonyl (C=O) groups is 2. The third-order valence-electron chi connectivity index (χ3n) is 2.80. The van der Waals surface area contributed by atoms with Crippen LogP contribution < -0.4 is 0 Å². The lowest BCUT2D eigenvalue weighted by atomic mass is 10.0. The van der Waals surface area contributed by atoms with Gasteiger partial charge in [0, 0.05) is 6.54 Å². The number of Topliss-reactive ketones (excluding diaryl/α,β-unsaturated/α-hetero) is 1. The molecule has 0 aliphatic carbocycles. The van der Waals surface area contributed by atoms with Crippen LogP contribution in [0.2, 0.25) is 0 Å². The van der Waals surface area contributed by atoms with Crippen LogP contribution in [-0.2, 0) is 9.59 Å². The number of ketones is 1. The van der Waals surface area contributed by atoms with Gasteiger partial charge in [0.2, 0.25) is 0 Å². The first kappa shape index (κ1) is 14.9. The molecule has 0 radical (unpaired) electrons. The Morgan fingerprint density at radius 1 is 1.44 bits per heavy atom. The van der Waals surface area contributed by atoms with Gasteiger partial charge in [-0.2, -0.15) is 13.2 Å². The monoisotopic (exact) mass is 283 g/mol.